The number of carboxylic acid groups (broad SMARTS) is 1. The molecule has 4 rings (SSSR count). The maximum absolute atomic E-state index is 12.0. The number of hydrogen-bond acceptors (Lipinski definition) is 6. The molecule has 1 N–H and O–H groups in total. The average Bonchev–Trinajstić information content (AvgIpc) is 2.77. The van der Waals surface area contributed by atoms with Gasteiger partial charge in [-0.1, -0.05) is 36.7 Å². The summed E-state index contributed by atoms with van der Waals surface area (Å²) >= 11 is 5.87. The lowest BCUT2D eigenvalue weighted by atomic mass is 9.90. The Morgan fingerprint density at radius 1 is 1.10 bits per heavy atom. The van der Waals surface area contributed by atoms with Gasteiger partial charge in [-0.2, -0.15) is 0 Å². The molecule has 1 aliphatic heterocycles. The second-order valence-electron chi connectivity index (χ2n) is 6.97. The van der Waals surface area contributed by atoms with E-state index in [4.69, 9.17) is 30.5 Å². The minimum atomic E-state index is -1.10. The van der Waals surface area contributed by atoms with Crippen LogP contribution in [0.4, 0.5) is 0 Å². The molecule has 1 aliphatic rings. The molecule has 3 aromatic rings. The third-order valence-electron chi connectivity index (χ3n) is 4.90. The highest BCUT2D eigenvalue weighted by Crippen LogP contribution is 2.34. The van der Waals surface area contributed by atoms with Crippen molar-refractivity contribution in [3.8, 4) is 23.1 Å². The smallest absolute Gasteiger partial charge is 0.345 e. The van der Waals surface area contributed by atoms with Gasteiger partial charge in [0.05, 0.1) is 6.61 Å². The number of rotatable bonds is 7. The Morgan fingerprint density at radius 3 is 2.58 bits per heavy atom. The van der Waals surface area contributed by atoms with Crippen molar-refractivity contribution in [2.75, 3.05) is 6.79 Å². The predicted molar refractivity (Wildman–Crippen MR) is 113 cm³/mol. The fraction of sp³-hybridized carbons (Fsp3) is 0.217. The Bertz CT molecular complexity index is 1070. The van der Waals surface area contributed by atoms with Crippen LogP contribution in [0.15, 0.2) is 60.7 Å². The molecule has 8 heteroatoms. The van der Waals surface area contributed by atoms with Gasteiger partial charge >= 0.3 is 5.97 Å². The van der Waals surface area contributed by atoms with Gasteiger partial charge in [-0.25, -0.2) is 9.78 Å². The summed E-state index contributed by atoms with van der Waals surface area (Å²) in [7, 11) is 0. The van der Waals surface area contributed by atoms with E-state index in [0.717, 1.165) is 11.1 Å². The van der Waals surface area contributed by atoms with Crippen LogP contribution in [0.3, 0.4) is 0 Å². The van der Waals surface area contributed by atoms with E-state index in [2.05, 4.69) is 4.98 Å². The lowest BCUT2D eigenvalue weighted by Gasteiger charge is -2.27. The minimum absolute atomic E-state index is 0.183. The minimum Gasteiger partial charge on any atom is -0.478 e. The standard InChI is InChI=1S/C23H20ClNO6/c1-14(17-4-2-5-19-18(17)12-28-13-29-19)22(23(26)27)31-16-10-8-15(9-11-16)30-21-7-3-6-20(24)25-21/h2-11,14,22H,12-13H2,1H3,(H,26,27)/t14-,22-/m1/s1. The van der Waals surface area contributed by atoms with E-state index in [1.54, 1.807) is 42.5 Å². The summed E-state index contributed by atoms with van der Waals surface area (Å²) in [5.74, 6) is 0.485. The molecule has 2 heterocycles. The Balaban J connectivity index is 1.50. The van der Waals surface area contributed by atoms with Gasteiger partial charge in [0.25, 0.3) is 0 Å². The van der Waals surface area contributed by atoms with Crippen LogP contribution in [0.5, 0.6) is 23.1 Å². The molecular formula is C23H20ClNO6. The quantitative estimate of drug-likeness (QED) is 0.514. The van der Waals surface area contributed by atoms with Crippen LogP contribution in [0, 0.1) is 0 Å². The fourth-order valence-electron chi connectivity index (χ4n) is 3.38. The zero-order valence-electron chi connectivity index (χ0n) is 16.7. The number of carbonyl (C=O) groups is 1. The molecule has 1 aromatic heterocycles. The lowest BCUT2D eigenvalue weighted by molar-refractivity contribution is -0.146. The molecule has 0 amide bonds. The van der Waals surface area contributed by atoms with Crippen molar-refractivity contribution in [2.24, 2.45) is 0 Å². The summed E-state index contributed by atoms with van der Waals surface area (Å²) in [6, 6.07) is 17.3. The molecule has 0 bridgehead atoms. The number of fused-ring (bicyclic) bond motifs is 1. The Kier molecular flexibility index (Phi) is 6.25. The van der Waals surface area contributed by atoms with Crippen LogP contribution in [0.1, 0.15) is 24.0 Å². The summed E-state index contributed by atoms with van der Waals surface area (Å²) in [5, 5.41) is 10.1. The third-order valence-corrected chi connectivity index (χ3v) is 5.11. The van der Waals surface area contributed by atoms with Crippen molar-refractivity contribution in [2.45, 2.75) is 25.6 Å². The molecule has 0 fully saturated rings. The second-order valence-corrected chi connectivity index (χ2v) is 7.36. The molecule has 160 valence electrons. The number of pyridine rings is 1. The first kappa shape index (κ1) is 21.0. The SMILES string of the molecule is C[C@H](c1cccc2c1COCO2)[C@@H](Oc1ccc(Oc2cccc(Cl)n2)cc1)C(=O)O. The van der Waals surface area contributed by atoms with E-state index in [1.165, 1.54) is 0 Å². The van der Waals surface area contributed by atoms with Gasteiger partial charge < -0.3 is 24.1 Å². The molecule has 0 saturated carbocycles. The summed E-state index contributed by atoms with van der Waals surface area (Å²) in [5.41, 5.74) is 1.66. The van der Waals surface area contributed by atoms with Crippen molar-refractivity contribution < 1.29 is 28.8 Å². The van der Waals surface area contributed by atoms with Gasteiger partial charge in [0.15, 0.2) is 6.79 Å². The Hall–Kier alpha value is -3.29. The van der Waals surface area contributed by atoms with Crippen molar-refractivity contribution >= 4 is 17.6 Å². The van der Waals surface area contributed by atoms with Gasteiger partial charge in [-0.05, 0) is 42.0 Å². The Labute approximate surface area is 184 Å². The van der Waals surface area contributed by atoms with Gasteiger partial charge in [0, 0.05) is 17.5 Å². The summed E-state index contributed by atoms with van der Waals surface area (Å²) in [6.45, 7) is 2.36. The van der Waals surface area contributed by atoms with E-state index < -0.39 is 18.0 Å². The number of carboxylic acids is 1. The largest absolute Gasteiger partial charge is 0.478 e. The van der Waals surface area contributed by atoms with Crippen LogP contribution < -0.4 is 14.2 Å². The van der Waals surface area contributed by atoms with Gasteiger partial charge in [0.2, 0.25) is 12.0 Å². The number of nitrogens with zero attached hydrogens (tertiary/aromatic N) is 1. The number of benzene rings is 2. The molecule has 2 aromatic carbocycles. The van der Waals surface area contributed by atoms with Crippen molar-refractivity contribution in [1.82, 2.24) is 4.98 Å². The topological polar surface area (TPSA) is 87.1 Å². The normalized spacial score (nSPS) is 14.6. The van der Waals surface area contributed by atoms with E-state index in [0.29, 0.717) is 34.9 Å². The summed E-state index contributed by atoms with van der Waals surface area (Å²) in [4.78, 5) is 16.1. The number of aromatic nitrogens is 1. The second kappa shape index (κ2) is 9.24. The van der Waals surface area contributed by atoms with Gasteiger partial charge in [0.1, 0.15) is 22.4 Å². The molecule has 2 atom stereocenters. The van der Waals surface area contributed by atoms with E-state index >= 15 is 0 Å². The molecule has 0 unspecified atom stereocenters. The molecule has 0 saturated heterocycles. The number of hydrogen-bond donors (Lipinski definition) is 1. The van der Waals surface area contributed by atoms with Crippen molar-refractivity contribution in [3.63, 3.8) is 0 Å². The van der Waals surface area contributed by atoms with Crippen LogP contribution in [0.25, 0.3) is 0 Å². The highest BCUT2D eigenvalue weighted by Gasteiger charge is 2.31. The van der Waals surface area contributed by atoms with Crippen LogP contribution in [-0.4, -0.2) is 29.0 Å². The monoisotopic (exact) mass is 441 g/mol. The van der Waals surface area contributed by atoms with E-state index in [-0.39, 0.29) is 6.79 Å². The highest BCUT2D eigenvalue weighted by atomic mass is 35.5. The van der Waals surface area contributed by atoms with E-state index in [1.807, 2.05) is 25.1 Å². The summed E-state index contributed by atoms with van der Waals surface area (Å²) < 4.78 is 22.4. The van der Waals surface area contributed by atoms with Crippen LogP contribution >= 0.6 is 11.6 Å². The number of aliphatic carboxylic acids is 1. The van der Waals surface area contributed by atoms with Crippen molar-refractivity contribution in [1.29, 1.82) is 0 Å². The van der Waals surface area contributed by atoms with Crippen LogP contribution in [0.2, 0.25) is 5.15 Å². The van der Waals surface area contributed by atoms with Crippen molar-refractivity contribution in [3.05, 3.63) is 76.9 Å². The van der Waals surface area contributed by atoms with Gasteiger partial charge in [-0.3, -0.25) is 0 Å². The first-order valence-electron chi connectivity index (χ1n) is 9.63. The maximum Gasteiger partial charge on any atom is 0.345 e. The zero-order valence-corrected chi connectivity index (χ0v) is 17.4. The van der Waals surface area contributed by atoms with Gasteiger partial charge in [-0.15, -0.1) is 0 Å². The molecule has 7 nitrogen and oxygen atoms in total. The van der Waals surface area contributed by atoms with E-state index in [9.17, 15) is 9.90 Å². The lowest BCUT2D eigenvalue weighted by Crippen LogP contribution is -2.33. The summed E-state index contributed by atoms with van der Waals surface area (Å²) in [6.07, 6.45) is -1.10. The molecule has 0 radical (unpaired) electrons. The van der Waals surface area contributed by atoms with Crippen LogP contribution in [-0.2, 0) is 16.1 Å². The zero-order chi connectivity index (χ0) is 21.8. The number of ether oxygens (including phenoxy) is 4. The first-order chi connectivity index (χ1) is 15.0. The molecule has 0 spiro atoms. The maximum atomic E-state index is 12.0. The Morgan fingerprint density at radius 2 is 1.84 bits per heavy atom. The average molecular weight is 442 g/mol. The molecule has 0 aliphatic carbocycles. The first-order valence-corrected chi connectivity index (χ1v) is 10.0. The highest BCUT2D eigenvalue weighted by molar-refractivity contribution is 6.29. The predicted octanol–water partition coefficient (Wildman–Crippen LogP) is 5.03. The fourth-order valence-corrected chi connectivity index (χ4v) is 3.53. The molecule has 31 heavy (non-hydrogen) atoms. The number of halogens is 1. The molecular weight excluding hydrogens is 422 g/mol. The third kappa shape index (κ3) is 4.90.